The Morgan fingerprint density at radius 2 is 1.95 bits per heavy atom. The van der Waals surface area contributed by atoms with E-state index in [1.165, 1.54) is 6.42 Å². The number of carbonyl (C=O) groups excluding carboxylic acids is 2. The molecule has 21 heavy (non-hydrogen) atoms. The van der Waals surface area contributed by atoms with Gasteiger partial charge in [-0.05, 0) is 31.9 Å². The van der Waals surface area contributed by atoms with Crippen molar-refractivity contribution in [1.29, 1.82) is 0 Å². The van der Waals surface area contributed by atoms with E-state index in [0.717, 1.165) is 37.2 Å². The highest BCUT2D eigenvalue weighted by Gasteiger charge is 2.51. The lowest BCUT2D eigenvalue weighted by molar-refractivity contribution is -0.158. The van der Waals surface area contributed by atoms with E-state index in [4.69, 9.17) is 0 Å². The highest BCUT2D eigenvalue weighted by atomic mass is 32.2. The van der Waals surface area contributed by atoms with Crippen molar-refractivity contribution >= 4 is 23.6 Å². The van der Waals surface area contributed by atoms with Gasteiger partial charge in [0.05, 0.1) is 0 Å². The molecule has 2 aliphatic rings. The minimum Gasteiger partial charge on any atom is -0.340 e. The van der Waals surface area contributed by atoms with Crippen molar-refractivity contribution in [2.45, 2.75) is 76.9 Å². The Morgan fingerprint density at radius 1 is 1.29 bits per heavy atom. The predicted molar refractivity (Wildman–Crippen MR) is 87.3 cm³/mol. The number of hydrogen-bond donors (Lipinski definition) is 1. The lowest BCUT2D eigenvalue weighted by Gasteiger charge is -2.49. The van der Waals surface area contributed by atoms with Gasteiger partial charge < -0.3 is 10.2 Å². The molecule has 1 saturated heterocycles. The molecule has 0 bridgehead atoms. The fraction of sp³-hybridized carbons (Fsp3) is 0.875. The van der Waals surface area contributed by atoms with Crippen molar-refractivity contribution in [3.05, 3.63) is 0 Å². The molecular weight excluding hydrogens is 284 g/mol. The molecule has 1 aliphatic carbocycles. The van der Waals surface area contributed by atoms with Gasteiger partial charge in [-0.3, -0.25) is 9.59 Å². The summed E-state index contributed by atoms with van der Waals surface area (Å²) in [6.07, 6.45) is 5.54. The van der Waals surface area contributed by atoms with Gasteiger partial charge in [-0.2, -0.15) is 11.8 Å². The van der Waals surface area contributed by atoms with Crippen molar-refractivity contribution in [1.82, 2.24) is 10.2 Å². The SMILES string of the molecule is CCSCC(C)N1C(=O)C2(CCCCC2)NC(=O)C1CC. The van der Waals surface area contributed by atoms with Crippen LogP contribution in [-0.2, 0) is 9.59 Å². The molecule has 0 aromatic heterocycles. The number of nitrogens with zero attached hydrogens (tertiary/aromatic N) is 1. The van der Waals surface area contributed by atoms with Crippen LogP contribution in [0.2, 0.25) is 0 Å². The molecule has 1 heterocycles. The normalized spacial score (nSPS) is 26.8. The monoisotopic (exact) mass is 312 g/mol. The average molecular weight is 312 g/mol. The Labute approximate surface area is 132 Å². The summed E-state index contributed by atoms with van der Waals surface area (Å²) in [4.78, 5) is 27.5. The lowest BCUT2D eigenvalue weighted by atomic mass is 9.78. The van der Waals surface area contributed by atoms with E-state index in [1.54, 1.807) is 0 Å². The first-order chi connectivity index (χ1) is 10.1. The summed E-state index contributed by atoms with van der Waals surface area (Å²) in [5.74, 6) is 2.16. The minimum absolute atomic E-state index is 0.0485. The maximum Gasteiger partial charge on any atom is 0.249 e. The van der Waals surface area contributed by atoms with Crippen molar-refractivity contribution in [2.24, 2.45) is 0 Å². The number of rotatable bonds is 5. The van der Waals surface area contributed by atoms with Crippen LogP contribution in [0.15, 0.2) is 0 Å². The van der Waals surface area contributed by atoms with Crippen LogP contribution in [0.5, 0.6) is 0 Å². The second-order valence-electron chi connectivity index (χ2n) is 6.28. The predicted octanol–water partition coefficient (Wildman–Crippen LogP) is 2.57. The molecule has 2 rings (SSSR count). The standard InChI is InChI=1S/C16H28N2O2S/c1-4-13-14(19)17-16(9-7-6-8-10-16)15(20)18(13)12(3)11-21-5-2/h12-13H,4-11H2,1-3H3,(H,17,19). The molecule has 1 spiro atoms. The summed E-state index contributed by atoms with van der Waals surface area (Å²) in [6, 6.07) is -0.172. The number of nitrogens with one attached hydrogen (secondary N) is 1. The Morgan fingerprint density at radius 3 is 2.52 bits per heavy atom. The third kappa shape index (κ3) is 3.22. The molecule has 2 unspecified atom stereocenters. The van der Waals surface area contributed by atoms with Gasteiger partial charge in [-0.25, -0.2) is 0 Å². The molecule has 0 aromatic rings. The van der Waals surface area contributed by atoms with Gasteiger partial charge in [0.15, 0.2) is 0 Å². The second kappa shape index (κ2) is 7.03. The van der Waals surface area contributed by atoms with Crippen LogP contribution in [0.4, 0.5) is 0 Å². The molecule has 1 aliphatic heterocycles. The molecule has 120 valence electrons. The average Bonchev–Trinajstić information content (AvgIpc) is 2.49. The summed E-state index contributed by atoms with van der Waals surface area (Å²) >= 11 is 1.84. The zero-order valence-corrected chi connectivity index (χ0v) is 14.3. The van der Waals surface area contributed by atoms with Crippen LogP contribution < -0.4 is 5.32 Å². The smallest absolute Gasteiger partial charge is 0.249 e. The summed E-state index contributed by atoms with van der Waals surface area (Å²) in [5, 5.41) is 3.09. The van der Waals surface area contributed by atoms with E-state index >= 15 is 0 Å². The van der Waals surface area contributed by atoms with Gasteiger partial charge in [-0.15, -0.1) is 0 Å². The maximum absolute atomic E-state index is 13.1. The van der Waals surface area contributed by atoms with Crippen LogP contribution in [0.3, 0.4) is 0 Å². The minimum atomic E-state index is -0.605. The molecule has 2 amide bonds. The fourth-order valence-electron chi connectivity index (χ4n) is 3.64. The van der Waals surface area contributed by atoms with Gasteiger partial charge in [0, 0.05) is 11.8 Å². The van der Waals surface area contributed by atoms with E-state index < -0.39 is 5.54 Å². The van der Waals surface area contributed by atoms with Crippen molar-refractivity contribution in [3.63, 3.8) is 0 Å². The zero-order chi connectivity index (χ0) is 15.5. The summed E-state index contributed by atoms with van der Waals surface area (Å²) < 4.78 is 0. The first-order valence-corrected chi connectivity index (χ1v) is 9.43. The van der Waals surface area contributed by atoms with Crippen LogP contribution in [0.25, 0.3) is 0 Å². The van der Waals surface area contributed by atoms with Crippen molar-refractivity contribution < 1.29 is 9.59 Å². The number of hydrogen-bond acceptors (Lipinski definition) is 3. The van der Waals surface area contributed by atoms with E-state index in [9.17, 15) is 9.59 Å². The van der Waals surface area contributed by atoms with E-state index in [2.05, 4.69) is 19.2 Å². The van der Waals surface area contributed by atoms with Crippen LogP contribution >= 0.6 is 11.8 Å². The molecule has 0 radical (unpaired) electrons. The van der Waals surface area contributed by atoms with Gasteiger partial charge in [-0.1, -0.05) is 33.1 Å². The Hall–Kier alpha value is -0.710. The summed E-state index contributed by atoms with van der Waals surface area (Å²) in [5.41, 5.74) is -0.605. The van der Waals surface area contributed by atoms with E-state index in [-0.39, 0.29) is 23.9 Å². The molecule has 1 N–H and O–H groups in total. The van der Waals surface area contributed by atoms with Crippen molar-refractivity contribution in [2.75, 3.05) is 11.5 Å². The maximum atomic E-state index is 13.1. The third-order valence-electron chi connectivity index (χ3n) is 4.78. The molecular formula is C16H28N2O2S. The molecule has 2 atom stereocenters. The summed E-state index contributed by atoms with van der Waals surface area (Å²) in [7, 11) is 0. The first kappa shape index (κ1) is 16.7. The van der Waals surface area contributed by atoms with Crippen molar-refractivity contribution in [3.8, 4) is 0 Å². The lowest BCUT2D eigenvalue weighted by Crippen LogP contribution is -2.72. The number of carbonyl (C=O) groups is 2. The molecule has 5 heteroatoms. The fourth-order valence-corrected chi connectivity index (χ4v) is 4.38. The van der Waals surface area contributed by atoms with Gasteiger partial charge in [0.2, 0.25) is 11.8 Å². The molecule has 4 nitrogen and oxygen atoms in total. The Bertz CT molecular complexity index is 394. The topological polar surface area (TPSA) is 49.4 Å². The Balaban J connectivity index is 2.23. The quantitative estimate of drug-likeness (QED) is 0.849. The van der Waals surface area contributed by atoms with E-state index in [0.29, 0.717) is 6.42 Å². The van der Waals surface area contributed by atoms with Crippen LogP contribution in [-0.4, -0.2) is 45.8 Å². The molecule has 0 aromatic carbocycles. The number of piperazine rings is 1. The van der Waals surface area contributed by atoms with E-state index in [1.807, 2.05) is 23.6 Å². The molecule has 1 saturated carbocycles. The third-order valence-corrected chi connectivity index (χ3v) is 5.90. The molecule has 2 fully saturated rings. The largest absolute Gasteiger partial charge is 0.340 e. The van der Waals surface area contributed by atoms with Crippen LogP contribution in [0, 0.1) is 0 Å². The van der Waals surface area contributed by atoms with Gasteiger partial charge >= 0.3 is 0 Å². The number of amides is 2. The van der Waals surface area contributed by atoms with Gasteiger partial charge in [0.1, 0.15) is 11.6 Å². The zero-order valence-electron chi connectivity index (χ0n) is 13.5. The van der Waals surface area contributed by atoms with Gasteiger partial charge in [0.25, 0.3) is 0 Å². The summed E-state index contributed by atoms with van der Waals surface area (Å²) in [6.45, 7) is 6.20. The number of thioether (sulfide) groups is 1. The Kier molecular flexibility index (Phi) is 5.58. The van der Waals surface area contributed by atoms with Crippen LogP contribution in [0.1, 0.15) is 59.3 Å². The highest BCUT2D eigenvalue weighted by molar-refractivity contribution is 7.99. The first-order valence-electron chi connectivity index (χ1n) is 8.28. The highest BCUT2D eigenvalue weighted by Crippen LogP contribution is 2.35. The second-order valence-corrected chi connectivity index (χ2v) is 7.60.